The van der Waals surface area contributed by atoms with E-state index in [9.17, 15) is 4.79 Å². The number of thiol groups is 1. The van der Waals surface area contributed by atoms with Crippen molar-refractivity contribution in [2.75, 3.05) is 25.4 Å². The smallest absolute Gasteiger partial charge is 0.236 e. The molecule has 0 saturated heterocycles. The Morgan fingerprint density at radius 2 is 2.25 bits per heavy atom. The fourth-order valence-corrected chi connectivity index (χ4v) is 0.835. The van der Waals surface area contributed by atoms with E-state index >= 15 is 0 Å². The van der Waals surface area contributed by atoms with E-state index < -0.39 is 0 Å². The maximum Gasteiger partial charge on any atom is 0.236 e. The largest absolute Gasteiger partial charge is 0.395 e. The molecule has 0 aliphatic rings. The lowest BCUT2D eigenvalue weighted by molar-refractivity contribution is -0.122. The first kappa shape index (κ1) is 11.7. The summed E-state index contributed by atoms with van der Waals surface area (Å²) in [7, 11) is 0. The highest BCUT2D eigenvalue weighted by atomic mass is 32.1. The molecule has 0 bridgehead atoms. The topological polar surface area (TPSA) is 61.4 Å². The van der Waals surface area contributed by atoms with Crippen LogP contribution in [0, 0.1) is 0 Å². The lowest BCUT2D eigenvalue weighted by Gasteiger charge is -2.12. The molecule has 72 valence electrons. The molecule has 12 heavy (non-hydrogen) atoms. The van der Waals surface area contributed by atoms with Crippen LogP contribution in [-0.4, -0.2) is 42.5 Å². The fourth-order valence-electron chi connectivity index (χ4n) is 0.706. The van der Waals surface area contributed by atoms with Crippen LogP contribution in [0.25, 0.3) is 0 Å². The monoisotopic (exact) mass is 192 g/mol. The summed E-state index contributed by atoms with van der Waals surface area (Å²) in [4.78, 5) is 11.1. The van der Waals surface area contributed by atoms with Gasteiger partial charge in [-0.2, -0.15) is 12.6 Å². The van der Waals surface area contributed by atoms with Crippen LogP contribution in [0.3, 0.4) is 0 Å². The van der Waals surface area contributed by atoms with Gasteiger partial charge in [0.05, 0.1) is 12.6 Å². The molecule has 3 N–H and O–H groups in total. The molecule has 0 aromatic rings. The molecule has 0 aromatic heterocycles. The molecule has 1 atom stereocenters. The van der Waals surface area contributed by atoms with Crippen molar-refractivity contribution in [3.05, 3.63) is 0 Å². The van der Waals surface area contributed by atoms with Gasteiger partial charge in [-0.25, -0.2) is 0 Å². The van der Waals surface area contributed by atoms with Crippen LogP contribution in [0.4, 0.5) is 0 Å². The van der Waals surface area contributed by atoms with Gasteiger partial charge in [0.2, 0.25) is 5.91 Å². The third kappa shape index (κ3) is 5.40. The molecule has 0 spiro atoms. The minimum atomic E-state index is -0.219. The van der Waals surface area contributed by atoms with Gasteiger partial charge in [0.15, 0.2) is 0 Å². The molecule has 1 unspecified atom stereocenters. The van der Waals surface area contributed by atoms with Gasteiger partial charge in [-0.05, 0) is 6.92 Å². The molecular formula is C7H16N2O2S. The standard InChI is InChI=1S/C7H16N2O2S/c1-6(8-3-5-12)7(11)9-2-4-10/h6,8,10,12H,2-5H2,1H3,(H,9,11). The fraction of sp³-hybridized carbons (Fsp3) is 0.857. The van der Waals surface area contributed by atoms with Gasteiger partial charge < -0.3 is 15.7 Å². The number of carbonyl (C=O) groups is 1. The summed E-state index contributed by atoms with van der Waals surface area (Å²) in [6.07, 6.45) is 0. The Hall–Kier alpha value is -0.260. The summed E-state index contributed by atoms with van der Waals surface area (Å²) in [5, 5.41) is 14.0. The quantitative estimate of drug-likeness (QED) is 0.408. The summed E-state index contributed by atoms with van der Waals surface area (Å²) in [6.45, 7) is 2.77. The Bertz CT molecular complexity index is 133. The first-order chi connectivity index (χ1) is 5.72. The maximum absolute atomic E-state index is 11.1. The number of hydrogen-bond acceptors (Lipinski definition) is 4. The van der Waals surface area contributed by atoms with Crippen LogP contribution < -0.4 is 10.6 Å². The summed E-state index contributed by atoms with van der Waals surface area (Å²) in [6, 6.07) is -0.219. The van der Waals surface area contributed by atoms with Crippen molar-refractivity contribution in [3.8, 4) is 0 Å². The summed E-state index contributed by atoms with van der Waals surface area (Å²) in [5.74, 6) is 0.614. The lowest BCUT2D eigenvalue weighted by Crippen LogP contribution is -2.43. The highest BCUT2D eigenvalue weighted by Crippen LogP contribution is 1.81. The Kier molecular flexibility index (Phi) is 7.23. The number of aliphatic hydroxyl groups excluding tert-OH is 1. The van der Waals surface area contributed by atoms with Crippen molar-refractivity contribution in [2.24, 2.45) is 0 Å². The highest BCUT2D eigenvalue weighted by Gasteiger charge is 2.09. The third-order valence-electron chi connectivity index (χ3n) is 1.37. The van der Waals surface area contributed by atoms with Crippen LogP contribution in [0.5, 0.6) is 0 Å². The van der Waals surface area contributed by atoms with Crippen molar-refractivity contribution >= 4 is 18.5 Å². The summed E-state index contributed by atoms with van der Waals surface area (Å²) in [5.41, 5.74) is 0. The van der Waals surface area contributed by atoms with E-state index in [1.165, 1.54) is 0 Å². The van der Waals surface area contributed by atoms with Crippen LogP contribution in [0.15, 0.2) is 0 Å². The van der Waals surface area contributed by atoms with Crippen LogP contribution in [-0.2, 0) is 4.79 Å². The van der Waals surface area contributed by atoms with Gasteiger partial charge in [0.25, 0.3) is 0 Å². The second-order valence-electron chi connectivity index (χ2n) is 2.41. The predicted molar refractivity (Wildman–Crippen MR) is 51.4 cm³/mol. The van der Waals surface area contributed by atoms with Crippen molar-refractivity contribution < 1.29 is 9.90 Å². The van der Waals surface area contributed by atoms with E-state index in [-0.39, 0.29) is 18.6 Å². The number of amides is 1. The van der Waals surface area contributed by atoms with Gasteiger partial charge in [-0.15, -0.1) is 0 Å². The van der Waals surface area contributed by atoms with E-state index in [1.807, 2.05) is 0 Å². The Balaban J connectivity index is 3.47. The zero-order valence-corrected chi connectivity index (χ0v) is 8.10. The number of hydrogen-bond donors (Lipinski definition) is 4. The van der Waals surface area contributed by atoms with Gasteiger partial charge in [-0.3, -0.25) is 4.79 Å². The van der Waals surface area contributed by atoms with Crippen molar-refractivity contribution in [1.82, 2.24) is 10.6 Å². The van der Waals surface area contributed by atoms with Crippen molar-refractivity contribution in [3.63, 3.8) is 0 Å². The number of aliphatic hydroxyl groups is 1. The second-order valence-corrected chi connectivity index (χ2v) is 2.86. The van der Waals surface area contributed by atoms with Crippen LogP contribution in [0.1, 0.15) is 6.92 Å². The average Bonchev–Trinajstić information content (AvgIpc) is 2.10. The average molecular weight is 192 g/mol. The molecule has 4 nitrogen and oxygen atoms in total. The zero-order valence-electron chi connectivity index (χ0n) is 7.21. The van der Waals surface area contributed by atoms with E-state index in [4.69, 9.17) is 5.11 Å². The Morgan fingerprint density at radius 1 is 1.58 bits per heavy atom. The normalized spacial score (nSPS) is 12.6. The number of carbonyl (C=O) groups excluding carboxylic acids is 1. The molecule has 0 heterocycles. The highest BCUT2D eigenvalue weighted by molar-refractivity contribution is 7.80. The van der Waals surface area contributed by atoms with Crippen LogP contribution in [0.2, 0.25) is 0 Å². The second kappa shape index (κ2) is 7.39. The van der Waals surface area contributed by atoms with Gasteiger partial charge in [0.1, 0.15) is 0 Å². The summed E-state index contributed by atoms with van der Waals surface area (Å²) >= 11 is 4.00. The molecule has 0 radical (unpaired) electrons. The molecular weight excluding hydrogens is 176 g/mol. The van der Waals surface area contributed by atoms with Crippen molar-refractivity contribution in [2.45, 2.75) is 13.0 Å². The summed E-state index contributed by atoms with van der Waals surface area (Å²) < 4.78 is 0. The lowest BCUT2D eigenvalue weighted by atomic mass is 10.3. The molecule has 0 saturated carbocycles. The van der Waals surface area contributed by atoms with E-state index in [1.54, 1.807) is 6.92 Å². The molecule has 0 aliphatic heterocycles. The maximum atomic E-state index is 11.1. The molecule has 0 aromatic carbocycles. The Labute approximate surface area is 78.1 Å². The predicted octanol–water partition coefficient (Wildman–Crippen LogP) is -0.997. The van der Waals surface area contributed by atoms with E-state index in [0.717, 1.165) is 0 Å². The Morgan fingerprint density at radius 3 is 2.75 bits per heavy atom. The molecule has 5 heteroatoms. The first-order valence-electron chi connectivity index (χ1n) is 3.95. The SMILES string of the molecule is CC(NCCS)C(=O)NCCO. The number of rotatable bonds is 6. The van der Waals surface area contributed by atoms with Gasteiger partial charge in [0, 0.05) is 18.8 Å². The van der Waals surface area contributed by atoms with Crippen molar-refractivity contribution in [1.29, 1.82) is 0 Å². The molecule has 0 rings (SSSR count). The van der Waals surface area contributed by atoms with Crippen LogP contribution >= 0.6 is 12.6 Å². The van der Waals surface area contributed by atoms with E-state index in [0.29, 0.717) is 18.8 Å². The van der Waals surface area contributed by atoms with Gasteiger partial charge in [-0.1, -0.05) is 0 Å². The van der Waals surface area contributed by atoms with E-state index in [2.05, 4.69) is 23.3 Å². The zero-order chi connectivity index (χ0) is 9.40. The first-order valence-corrected chi connectivity index (χ1v) is 4.58. The molecule has 0 aliphatic carbocycles. The molecule has 1 amide bonds. The molecule has 0 fully saturated rings. The minimum absolute atomic E-state index is 0.0228. The van der Waals surface area contributed by atoms with Gasteiger partial charge >= 0.3 is 0 Å². The number of nitrogens with one attached hydrogen (secondary N) is 2. The third-order valence-corrected chi connectivity index (χ3v) is 1.59. The minimum Gasteiger partial charge on any atom is -0.395 e.